The van der Waals surface area contributed by atoms with Crippen LogP contribution in [0.15, 0.2) is 24.3 Å². The van der Waals surface area contributed by atoms with Crippen molar-refractivity contribution in [2.24, 2.45) is 0 Å². The van der Waals surface area contributed by atoms with Crippen LogP contribution in [0.5, 0.6) is 0 Å². The Morgan fingerprint density at radius 3 is 3.00 bits per heavy atom. The van der Waals surface area contributed by atoms with Gasteiger partial charge in [-0.2, -0.15) is 0 Å². The van der Waals surface area contributed by atoms with Crippen molar-refractivity contribution >= 4 is 28.1 Å². The van der Waals surface area contributed by atoms with Gasteiger partial charge >= 0.3 is 0 Å². The lowest BCUT2D eigenvalue weighted by Crippen LogP contribution is -1.99. The molecule has 2 aromatic rings. The highest BCUT2D eigenvalue weighted by atomic mass is 35.5. The van der Waals surface area contributed by atoms with E-state index in [4.69, 9.17) is 11.6 Å². The van der Waals surface area contributed by atoms with Crippen LogP contribution < -0.4 is 5.32 Å². The van der Waals surface area contributed by atoms with Gasteiger partial charge in [0.2, 0.25) is 5.13 Å². The minimum Gasteiger partial charge on any atom is -0.360 e. The fourth-order valence-electron chi connectivity index (χ4n) is 1.40. The lowest BCUT2D eigenvalue weighted by molar-refractivity contribution is 0.831. The quantitative estimate of drug-likeness (QED) is 0.830. The van der Waals surface area contributed by atoms with Crippen LogP contribution in [0.25, 0.3) is 10.6 Å². The highest BCUT2D eigenvalue weighted by Crippen LogP contribution is 2.27. The van der Waals surface area contributed by atoms with Crippen LogP contribution in [0.1, 0.15) is 19.8 Å². The summed E-state index contributed by atoms with van der Waals surface area (Å²) in [6.45, 7) is 3.11. The summed E-state index contributed by atoms with van der Waals surface area (Å²) < 4.78 is 0. The molecule has 0 saturated heterocycles. The van der Waals surface area contributed by atoms with Crippen LogP contribution in [0.2, 0.25) is 5.02 Å². The molecule has 1 N–H and O–H groups in total. The third kappa shape index (κ3) is 3.41. The zero-order chi connectivity index (χ0) is 12.1. The lowest BCUT2D eigenvalue weighted by atomic mass is 10.2. The summed E-state index contributed by atoms with van der Waals surface area (Å²) in [6.07, 6.45) is 2.32. The largest absolute Gasteiger partial charge is 0.360 e. The molecule has 0 aliphatic carbocycles. The molecule has 5 heteroatoms. The number of benzene rings is 1. The molecule has 0 aliphatic rings. The van der Waals surface area contributed by atoms with Crippen LogP contribution in [-0.4, -0.2) is 16.7 Å². The third-order valence-electron chi connectivity index (χ3n) is 2.30. The Morgan fingerprint density at radius 1 is 1.35 bits per heavy atom. The molecular weight excluding hydrogens is 254 g/mol. The number of rotatable bonds is 5. The van der Waals surface area contributed by atoms with Crippen molar-refractivity contribution in [3.63, 3.8) is 0 Å². The standard InChI is InChI=1S/C12H14ClN3S/c1-2-3-7-14-12-16-15-11(17-12)9-5-4-6-10(13)8-9/h4-6,8H,2-3,7H2,1H3,(H,14,16). The van der Waals surface area contributed by atoms with E-state index in [1.54, 1.807) is 11.3 Å². The number of hydrogen-bond donors (Lipinski definition) is 1. The van der Waals surface area contributed by atoms with Gasteiger partial charge in [0.25, 0.3) is 0 Å². The third-order valence-corrected chi connectivity index (χ3v) is 3.47. The first-order valence-corrected chi connectivity index (χ1v) is 6.82. The molecule has 1 aromatic heterocycles. The second kappa shape index (κ2) is 5.98. The fourth-order valence-corrected chi connectivity index (χ4v) is 2.36. The summed E-state index contributed by atoms with van der Waals surface area (Å²) in [7, 11) is 0. The molecule has 90 valence electrons. The molecule has 1 heterocycles. The summed E-state index contributed by atoms with van der Waals surface area (Å²) in [5, 5.41) is 14.0. The zero-order valence-corrected chi connectivity index (χ0v) is 11.2. The van der Waals surface area contributed by atoms with Gasteiger partial charge in [-0.25, -0.2) is 0 Å². The van der Waals surface area contributed by atoms with Gasteiger partial charge in [0.05, 0.1) is 0 Å². The first-order valence-electron chi connectivity index (χ1n) is 5.63. The van der Waals surface area contributed by atoms with Crippen molar-refractivity contribution in [2.75, 3.05) is 11.9 Å². The van der Waals surface area contributed by atoms with Crippen LogP contribution in [0.3, 0.4) is 0 Å². The molecule has 0 aliphatic heterocycles. The van der Waals surface area contributed by atoms with Crippen molar-refractivity contribution in [3.8, 4) is 10.6 Å². The molecule has 0 saturated carbocycles. The van der Waals surface area contributed by atoms with Gasteiger partial charge in [-0.1, -0.05) is 48.4 Å². The minimum atomic E-state index is 0.721. The Morgan fingerprint density at radius 2 is 2.24 bits per heavy atom. The van der Waals surface area contributed by atoms with E-state index < -0.39 is 0 Å². The van der Waals surface area contributed by atoms with Crippen molar-refractivity contribution in [2.45, 2.75) is 19.8 Å². The first kappa shape index (κ1) is 12.3. The minimum absolute atomic E-state index is 0.721. The molecule has 0 unspecified atom stereocenters. The number of nitrogens with zero attached hydrogens (tertiary/aromatic N) is 2. The molecule has 2 rings (SSSR count). The second-order valence-electron chi connectivity index (χ2n) is 3.70. The SMILES string of the molecule is CCCCNc1nnc(-c2cccc(Cl)c2)s1. The van der Waals surface area contributed by atoms with E-state index in [1.165, 1.54) is 6.42 Å². The number of unbranched alkanes of at least 4 members (excludes halogenated alkanes) is 1. The predicted molar refractivity (Wildman–Crippen MR) is 73.8 cm³/mol. The normalized spacial score (nSPS) is 10.5. The Bertz CT molecular complexity index is 484. The van der Waals surface area contributed by atoms with E-state index in [2.05, 4.69) is 22.4 Å². The van der Waals surface area contributed by atoms with Gasteiger partial charge in [0.1, 0.15) is 5.01 Å². The molecule has 1 aromatic carbocycles. The lowest BCUT2D eigenvalue weighted by Gasteiger charge is -1.98. The fraction of sp³-hybridized carbons (Fsp3) is 0.333. The predicted octanol–water partition coefficient (Wildman–Crippen LogP) is 4.07. The van der Waals surface area contributed by atoms with Gasteiger partial charge in [-0.3, -0.25) is 0 Å². The smallest absolute Gasteiger partial charge is 0.206 e. The van der Waals surface area contributed by atoms with E-state index in [0.717, 1.165) is 33.7 Å². The van der Waals surface area contributed by atoms with Gasteiger partial charge in [0, 0.05) is 17.1 Å². The van der Waals surface area contributed by atoms with E-state index in [-0.39, 0.29) is 0 Å². The second-order valence-corrected chi connectivity index (χ2v) is 5.12. The maximum Gasteiger partial charge on any atom is 0.206 e. The summed E-state index contributed by atoms with van der Waals surface area (Å²) in [6, 6.07) is 7.66. The first-order chi connectivity index (χ1) is 8.29. The highest BCUT2D eigenvalue weighted by Gasteiger charge is 2.06. The Hall–Kier alpha value is -1.13. The van der Waals surface area contributed by atoms with E-state index in [1.807, 2.05) is 24.3 Å². The van der Waals surface area contributed by atoms with Crippen molar-refractivity contribution in [1.29, 1.82) is 0 Å². The number of halogens is 1. The number of aromatic nitrogens is 2. The monoisotopic (exact) mass is 267 g/mol. The van der Waals surface area contributed by atoms with Gasteiger partial charge < -0.3 is 5.32 Å². The molecular formula is C12H14ClN3S. The molecule has 0 bridgehead atoms. The summed E-state index contributed by atoms with van der Waals surface area (Å²) in [4.78, 5) is 0. The molecule has 0 spiro atoms. The zero-order valence-electron chi connectivity index (χ0n) is 9.61. The maximum atomic E-state index is 5.94. The molecule has 0 amide bonds. The molecule has 3 nitrogen and oxygen atoms in total. The summed E-state index contributed by atoms with van der Waals surface area (Å²) in [5.74, 6) is 0. The van der Waals surface area contributed by atoms with Crippen molar-refractivity contribution < 1.29 is 0 Å². The number of anilines is 1. The Labute approximate surface area is 110 Å². The Kier molecular flexibility index (Phi) is 4.34. The van der Waals surface area contributed by atoms with Gasteiger partial charge in [-0.15, -0.1) is 10.2 Å². The summed E-state index contributed by atoms with van der Waals surface area (Å²) in [5.41, 5.74) is 1.01. The molecule has 0 atom stereocenters. The van der Waals surface area contributed by atoms with E-state index >= 15 is 0 Å². The topological polar surface area (TPSA) is 37.8 Å². The van der Waals surface area contributed by atoms with E-state index in [0.29, 0.717) is 0 Å². The average Bonchev–Trinajstić information content (AvgIpc) is 2.78. The van der Waals surface area contributed by atoms with Crippen LogP contribution in [0.4, 0.5) is 5.13 Å². The average molecular weight is 268 g/mol. The number of hydrogen-bond acceptors (Lipinski definition) is 4. The Balaban J connectivity index is 2.07. The molecule has 0 fully saturated rings. The van der Waals surface area contributed by atoms with Gasteiger partial charge in [-0.05, 0) is 18.6 Å². The van der Waals surface area contributed by atoms with E-state index in [9.17, 15) is 0 Å². The van der Waals surface area contributed by atoms with Crippen LogP contribution in [-0.2, 0) is 0 Å². The maximum absolute atomic E-state index is 5.94. The molecule has 17 heavy (non-hydrogen) atoms. The summed E-state index contributed by atoms with van der Waals surface area (Å²) >= 11 is 7.50. The highest BCUT2D eigenvalue weighted by molar-refractivity contribution is 7.18. The molecule has 0 radical (unpaired) electrons. The van der Waals surface area contributed by atoms with Crippen LogP contribution in [0, 0.1) is 0 Å². The van der Waals surface area contributed by atoms with Crippen molar-refractivity contribution in [3.05, 3.63) is 29.3 Å². The van der Waals surface area contributed by atoms with Gasteiger partial charge in [0.15, 0.2) is 0 Å². The number of nitrogens with one attached hydrogen (secondary N) is 1. The van der Waals surface area contributed by atoms with Crippen molar-refractivity contribution in [1.82, 2.24) is 10.2 Å². The van der Waals surface area contributed by atoms with Crippen LogP contribution >= 0.6 is 22.9 Å².